The summed E-state index contributed by atoms with van der Waals surface area (Å²) in [7, 11) is 0. The fourth-order valence-corrected chi connectivity index (χ4v) is 1.35. The van der Waals surface area contributed by atoms with E-state index in [1.807, 2.05) is 0 Å². The maximum absolute atomic E-state index is 11.2. The zero-order chi connectivity index (χ0) is 10.4. The number of aliphatic carboxylic acids is 1. The lowest BCUT2D eigenvalue weighted by Gasteiger charge is -2.09. The molecule has 0 aromatic rings. The molecule has 1 aliphatic rings. The second kappa shape index (κ2) is 5.59. The number of hydrogen-bond donors (Lipinski definition) is 2. The van der Waals surface area contributed by atoms with Crippen molar-refractivity contribution in [2.24, 2.45) is 0 Å². The Morgan fingerprint density at radius 2 is 2.21 bits per heavy atom. The second-order valence-electron chi connectivity index (χ2n) is 3.38. The van der Waals surface area contributed by atoms with Gasteiger partial charge in [-0.2, -0.15) is 0 Å². The van der Waals surface area contributed by atoms with Crippen molar-refractivity contribution in [3.63, 3.8) is 0 Å². The molecule has 2 N–H and O–H groups in total. The highest BCUT2D eigenvalue weighted by Gasteiger charge is 2.17. The van der Waals surface area contributed by atoms with Crippen LogP contribution in [0.3, 0.4) is 0 Å². The average molecular weight is 201 g/mol. The highest BCUT2D eigenvalue weighted by atomic mass is 16.5. The fraction of sp³-hybridized carbons (Fsp3) is 0.778. The zero-order valence-electron chi connectivity index (χ0n) is 7.99. The minimum Gasteiger partial charge on any atom is -0.481 e. The van der Waals surface area contributed by atoms with Crippen LogP contribution in [0, 0.1) is 0 Å². The molecule has 1 aliphatic heterocycles. The molecule has 0 aliphatic carbocycles. The van der Waals surface area contributed by atoms with Crippen molar-refractivity contribution in [1.29, 1.82) is 0 Å². The summed E-state index contributed by atoms with van der Waals surface area (Å²) < 4.78 is 5.09. The van der Waals surface area contributed by atoms with Gasteiger partial charge in [-0.15, -0.1) is 0 Å². The normalized spacial score (nSPS) is 20.7. The van der Waals surface area contributed by atoms with Crippen LogP contribution in [0.25, 0.3) is 0 Å². The van der Waals surface area contributed by atoms with Crippen LogP contribution in [-0.4, -0.2) is 36.2 Å². The summed E-state index contributed by atoms with van der Waals surface area (Å²) in [4.78, 5) is 21.4. The Hall–Kier alpha value is -1.10. The van der Waals surface area contributed by atoms with Gasteiger partial charge < -0.3 is 15.2 Å². The van der Waals surface area contributed by atoms with E-state index in [2.05, 4.69) is 5.32 Å². The van der Waals surface area contributed by atoms with Crippen LogP contribution in [-0.2, 0) is 14.3 Å². The maximum atomic E-state index is 11.2. The first-order valence-electron chi connectivity index (χ1n) is 4.77. The number of ether oxygens (including phenoxy) is 1. The number of amides is 1. The third kappa shape index (κ3) is 4.23. The van der Waals surface area contributed by atoms with Crippen LogP contribution in [0.2, 0.25) is 0 Å². The van der Waals surface area contributed by atoms with Gasteiger partial charge in [0.05, 0.1) is 12.6 Å². The first-order chi connectivity index (χ1) is 6.68. The second-order valence-corrected chi connectivity index (χ2v) is 3.38. The van der Waals surface area contributed by atoms with E-state index < -0.39 is 5.97 Å². The number of nitrogens with one attached hydrogen (secondary N) is 1. The molecule has 1 rings (SSSR count). The summed E-state index contributed by atoms with van der Waals surface area (Å²) >= 11 is 0. The molecule has 0 spiro atoms. The Morgan fingerprint density at radius 3 is 2.79 bits per heavy atom. The van der Waals surface area contributed by atoms with Gasteiger partial charge in [0.2, 0.25) is 5.91 Å². The molecule has 0 saturated carbocycles. The van der Waals surface area contributed by atoms with Crippen LogP contribution >= 0.6 is 0 Å². The highest BCUT2D eigenvalue weighted by Crippen LogP contribution is 2.04. The molecule has 1 amide bonds. The Bertz CT molecular complexity index is 211. The van der Waals surface area contributed by atoms with Gasteiger partial charge in [-0.05, 0) is 12.8 Å². The molecule has 14 heavy (non-hydrogen) atoms. The molecule has 1 fully saturated rings. The molecular formula is C9H15NO4. The molecule has 0 aromatic carbocycles. The Labute approximate surface area is 82.4 Å². The van der Waals surface area contributed by atoms with Gasteiger partial charge in [0.15, 0.2) is 0 Å². The Kier molecular flexibility index (Phi) is 4.39. The van der Waals surface area contributed by atoms with Crippen LogP contribution < -0.4 is 5.32 Å². The van der Waals surface area contributed by atoms with Crippen molar-refractivity contribution in [3.05, 3.63) is 0 Å². The Balaban J connectivity index is 2.06. The van der Waals surface area contributed by atoms with Crippen LogP contribution in [0.5, 0.6) is 0 Å². The minimum atomic E-state index is -0.859. The summed E-state index contributed by atoms with van der Waals surface area (Å²) in [6.07, 6.45) is 1.58. The molecule has 5 heteroatoms. The van der Waals surface area contributed by atoms with Gasteiger partial charge >= 0.3 is 5.97 Å². The van der Waals surface area contributed by atoms with E-state index >= 15 is 0 Å². The van der Waals surface area contributed by atoms with Gasteiger partial charge in [0.1, 0.15) is 0 Å². The molecule has 5 nitrogen and oxygen atoms in total. The predicted octanol–water partition coefficient (Wildman–Crippen LogP) is 0.146. The SMILES string of the molecule is O=C(O)CCCC(=O)NC1CCOC1. The van der Waals surface area contributed by atoms with E-state index in [4.69, 9.17) is 9.84 Å². The van der Waals surface area contributed by atoms with Crippen molar-refractivity contribution < 1.29 is 19.4 Å². The van der Waals surface area contributed by atoms with E-state index in [0.717, 1.165) is 6.42 Å². The quantitative estimate of drug-likeness (QED) is 0.663. The molecule has 1 saturated heterocycles. The number of hydrogen-bond acceptors (Lipinski definition) is 3. The summed E-state index contributed by atoms with van der Waals surface area (Å²) in [6, 6.07) is 0.118. The molecule has 1 atom stereocenters. The van der Waals surface area contributed by atoms with E-state index in [1.165, 1.54) is 0 Å². The first kappa shape index (κ1) is 11.0. The van der Waals surface area contributed by atoms with Crippen molar-refractivity contribution in [2.75, 3.05) is 13.2 Å². The van der Waals surface area contributed by atoms with E-state index in [1.54, 1.807) is 0 Å². The first-order valence-corrected chi connectivity index (χ1v) is 4.77. The molecule has 0 aromatic heterocycles. The highest BCUT2D eigenvalue weighted by molar-refractivity contribution is 5.77. The van der Waals surface area contributed by atoms with E-state index in [9.17, 15) is 9.59 Å². The lowest BCUT2D eigenvalue weighted by atomic mass is 10.2. The topological polar surface area (TPSA) is 75.6 Å². The maximum Gasteiger partial charge on any atom is 0.303 e. The van der Waals surface area contributed by atoms with Crippen molar-refractivity contribution >= 4 is 11.9 Å². The third-order valence-electron chi connectivity index (χ3n) is 2.09. The molecular weight excluding hydrogens is 186 g/mol. The van der Waals surface area contributed by atoms with Crippen LogP contribution in [0.1, 0.15) is 25.7 Å². The van der Waals surface area contributed by atoms with Gasteiger partial charge in [-0.25, -0.2) is 0 Å². The Morgan fingerprint density at radius 1 is 1.43 bits per heavy atom. The lowest BCUT2D eigenvalue weighted by molar-refractivity contribution is -0.137. The summed E-state index contributed by atoms with van der Waals surface area (Å²) in [5.41, 5.74) is 0. The van der Waals surface area contributed by atoms with Crippen molar-refractivity contribution in [3.8, 4) is 0 Å². The van der Waals surface area contributed by atoms with E-state index in [-0.39, 0.29) is 24.8 Å². The van der Waals surface area contributed by atoms with Gasteiger partial charge in [0.25, 0.3) is 0 Å². The van der Waals surface area contributed by atoms with Crippen LogP contribution in [0.4, 0.5) is 0 Å². The minimum absolute atomic E-state index is 0.0502. The average Bonchev–Trinajstić information content (AvgIpc) is 2.56. The molecule has 80 valence electrons. The number of rotatable bonds is 5. The number of carboxylic acids is 1. The summed E-state index contributed by atoms with van der Waals surface area (Å²) in [5.74, 6) is -0.941. The van der Waals surface area contributed by atoms with Gasteiger partial charge in [-0.1, -0.05) is 0 Å². The van der Waals surface area contributed by atoms with Crippen molar-refractivity contribution in [2.45, 2.75) is 31.7 Å². The smallest absolute Gasteiger partial charge is 0.303 e. The largest absolute Gasteiger partial charge is 0.481 e. The zero-order valence-corrected chi connectivity index (χ0v) is 7.99. The third-order valence-corrected chi connectivity index (χ3v) is 2.09. The lowest BCUT2D eigenvalue weighted by Crippen LogP contribution is -2.34. The fourth-order valence-electron chi connectivity index (χ4n) is 1.35. The standard InChI is InChI=1S/C9H15NO4/c11-8(2-1-3-9(12)13)10-7-4-5-14-6-7/h7H,1-6H2,(H,10,11)(H,12,13). The van der Waals surface area contributed by atoms with E-state index in [0.29, 0.717) is 19.6 Å². The number of carbonyl (C=O) groups excluding carboxylic acids is 1. The predicted molar refractivity (Wildman–Crippen MR) is 48.9 cm³/mol. The van der Waals surface area contributed by atoms with Gasteiger partial charge in [0, 0.05) is 19.4 Å². The van der Waals surface area contributed by atoms with Crippen LogP contribution in [0.15, 0.2) is 0 Å². The molecule has 1 heterocycles. The molecule has 0 bridgehead atoms. The summed E-state index contributed by atoms with van der Waals surface area (Å²) in [5, 5.41) is 11.2. The number of carboxylic acid groups (broad SMARTS) is 1. The monoisotopic (exact) mass is 201 g/mol. The molecule has 0 radical (unpaired) electrons. The van der Waals surface area contributed by atoms with Crippen molar-refractivity contribution in [1.82, 2.24) is 5.32 Å². The molecule has 1 unspecified atom stereocenters. The van der Waals surface area contributed by atoms with Gasteiger partial charge in [-0.3, -0.25) is 9.59 Å². The number of carbonyl (C=O) groups is 2. The summed E-state index contributed by atoms with van der Waals surface area (Å²) in [6.45, 7) is 1.27.